The van der Waals surface area contributed by atoms with Crippen molar-refractivity contribution in [2.75, 3.05) is 4.90 Å². The summed E-state index contributed by atoms with van der Waals surface area (Å²) in [5.41, 5.74) is 3.21. The number of halogens is 3. The van der Waals surface area contributed by atoms with E-state index in [0.29, 0.717) is 22.2 Å². The lowest BCUT2D eigenvalue weighted by Crippen LogP contribution is -2.29. The first kappa shape index (κ1) is 27.5. The number of hydrogen-bond acceptors (Lipinski definition) is 3. The first-order valence-electron chi connectivity index (χ1n) is 13.4. The summed E-state index contributed by atoms with van der Waals surface area (Å²) in [6.07, 6.45) is -2.78. The van der Waals surface area contributed by atoms with Crippen LogP contribution in [-0.4, -0.2) is 14.7 Å². The van der Waals surface area contributed by atoms with Gasteiger partial charge in [-0.25, -0.2) is 0 Å². The number of aryl methyl sites for hydroxylation is 1. The third-order valence-electron chi connectivity index (χ3n) is 7.43. The van der Waals surface area contributed by atoms with E-state index in [1.165, 1.54) is 12.1 Å². The van der Waals surface area contributed by atoms with Crippen molar-refractivity contribution in [2.45, 2.75) is 32.1 Å². The Balaban J connectivity index is 1.45. The van der Waals surface area contributed by atoms with Crippen LogP contribution in [0.1, 0.15) is 40.3 Å². The lowest BCUT2D eigenvalue weighted by molar-refractivity contribution is -0.137. The maximum absolute atomic E-state index is 14.0. The number of benzene rings is 3. The number of nitrogens with zero attached hydrogens (tertiary/aromatic N) is 3. The molecule has 6 rings (SSSR count). The molecule has 1 fully saturated rings. The van der Waals surface area contributed by atoms with Gasteiger partial charge in [0.2, 0.25) is 0 Å². The number of rotatable bonds is 6. The number of nitrogens with one attached hydrogen (secondary N) is 1. The standard InChI is InChI=1S/C33H27F3N4OS/c1-21-20-26(22(2)39(21)29-14-7-6-12-27(29)33(34,35)36)31-30(28-13-8-9-19-37-28)38-32(42)40(31)23-15-17-25(18-16-23)41-24-10-4-3-5-11-24/h3-20,30-31H,1-2H3,(H,38,42)/t30-,31-/m0/s1. The molecule has 0 radical (unpaired) electrons. The highest BCUT2D eigenvalue weighted by molar-refractivity contribution is 7.80. The van der Waals surface area contributed by atoms with Crippen molar-refractivity contribution in [3.63, 3.8) is 0 Å². The molecule has 0 bridgehead atoms. The summed E-state index contributed by atoms with van der Waals surface area (Å²) in [7, 11) is 0. The van der Waals surface area contributed by atoms with Gasteiger partial charge in [0, 0.05) is 23.3 Å². The first-order chi connectivity index (χ1) is 20.2. The smallest absolute Gasteiger partial charge is 0.418 e. The highest BCUT2D eigenvalue weighted by atomic mass is 32.1. The SMILES string of the molecule is Cc1cc([C@H]2[C@H](c3ccccn3)NC(=S)N2c2ccc(Oc3ccccc3)cc2)c(C)n1-c1ccccc1C(F)(F)F. The average Bonchev–Trinajstić information content (AvgIpc) is 3.48. The number of thiocarbonyl (C=S) groups is 1. The Labute approximate surface area is 247 Å². The van der Waals surface area contributed by atoms with Crippen LogP contribution in [0, 0.1) is 13.8 Å². The van der Waals surface area contributed by atoms with E-state index in [9.17, 15) is 13.2 Å². The fourth-order valence-electron chi connectivity index (χ4n) is 5.61. The summed E-state index contributed by atoms with van der Waals surface area (Å²) in [6, 6.07) is 29.6. The van der Waals surface area contributed by atoms with Crippen LogP contribution < -0.4 is 15.0 Å². The van der Waals surface area contributed by atoms with Crippen LogP contribution in [0.5, 0.6) is 11.5 Å². The van der Waals surface area contributed by atoms with Gasteiger partial charge >= 0.3 is 6.18 Å². The lowest BCUT2D eigenvalue weighted by atomic mass is 9.96. The molecule has 3 heterocycles. The molecule has 2 aromatic heterocycles. The minimum Gasteiger partial charge on any atom is -0.457 e. The van der Waals surface area contributed by atoms with Gasteiger partial charge in [0.05, 0.1) is 29.0 Å². The summed E-state index contributed by atoms with van der Waals surface area (Å²) < 4.78 is 49.7. The Bertz CT molecular complexity index is 1720. The lowest BCUT2D eigenvalue weighted by Gasteiger charge is -2.28. The van der Waals surface area contributed by atoms with Gasteiger partial charge < -0.3 is 19.5 Å². The Kier molecular flexibility index (Phi) is 7.20. The highest BCUT2D eigenvalue weighted by Crippen LogP contribution is 2.45. The molecule has 0 saturated carbocycles. The van der Waals surface area contributed by atoms with Gasteiger partial charge in [-0.1, -0.05) is 36.4 Å². The number of para-hydroxylation sites is 2. The van der Waals surface area contributed by atoms with Crippen molar-refractivity contribution in [1.82, 2.24) is 14.9 Å². The Hall–Kier alpha value is -4.63. The van der Waals surface area contributed by atoms with Gasteiger partial charge in [0.1, 0.15) is 11.5 Å². The third-order valence-corrected chi connectivity index (χ3v) is 7.75. The molecule has 1 aliphatic heterocycles. The Morgan fingerprint density at radius 1 is 0.833 bits per heavy atom. The fraction of sp³-hybridized carbons (Fsp3) is 0.152. The second-order valence-electron chi connectivity index (χ2n) is 10.1. The minimum absolute atomic E-state index is 0.0862. The molecule has 5 nitrogen and oxygen atoms in total. The summed E-state index contributed by atoms with van der Waals surface area (Å²) in [4.78, 5) is 6.60. The van der Waals surface area contributed by atoms with Crippen molar-refractivity contribution in [3.8, 4) is 17.2 Å². The van der Waals surface area contributed by atoms with E-state index in [1.807, 2.05) is 97.6 Å². The van der Waals surface area contributed by atoms with Crippen LogP contribution >= 0.6 is 12.2 Å². The van der Waals surface area contributed by atoms with Crippen molar-refractivity contribution < 1.29 is 17.9 Å². The monoisotopic (exact) mass is 584 g/mol. The van der Waals surface area contributed by atoms with E-state index < -0.39 is 11.7 Å². The Morgan fingerprint density at radius 2 is 1.50 bits per heavy atom. The molecular formula is C33H27F3N4OS. The predicted octanol–water partition coefficient (Wildman–Crippen LogP) is 8.48. The summed E-state index contributed by atoms with van der Waals surface area (Å²) in [5.74, 6) is 1.39. The van der Waals surface area contributed by atoms with Crippen LogP contribution in [0.25, 0.3) is 5.69 Å². The van der Waals surface area contributed by atoms with E-state index in [-0.39, 0.29) is 17.8 Å². The summed E-state index contributed by atoms with van der Waals surface area (Å²) in [6.45, 7) is 3.67. The molecular weight excluding hydrogens is 557 g/mol. The highest BCUT2D eigenvalue weighted by Gasteiger charge is 2.43. The molecule has 0 aliphatic carbocycles. The third kappa shape index (κ3) is 5.12. The van der Waals surface area contributed by atoms with Crippen LogP contribution in [0.15, 0.2) is 109 Å². The molecule has 3 aromatic carbocycles. The van der Waals surface area contributed by atoms with Crippen LogP contribution in [-0.2, 0) is 6.18 Å². The molecule has 5 aromatic rings. The number of hydrogen-bond donors (Lipinski definition) is 1. The molecule has 42 heavy (non-hydrogen) atoms. The van der Waals surface area contributed by atoms with Crippen molar-refractivity contribution in [3.05, 3.63) is 138 Å². The number of anilines is 1. The Morgan fingerprint density at radius 3 is 2.19 bits per heavy atom. The fourth-order valence-corrected chi connectivity index (χ4v) is 5.96. The van der Waals surface area contributed by atoms with Crippen LogP contribution in [0.3, 0.4) is 0 Å². The molecule has 1 saturated heterocycles. The molecule has 1 aliphatic rings. The zero-order valence-corrected chi connectivity index (χ0v) is 23.7. The minimum atomic E-state index is -4.50. The number of alkyl halides is 3. The summed E-state index contributed by atoms with van der Waals surface area (Å²) in [5, 5.41) is 3.92. The number of pyridine rings is 1. The molecule has 0 unspecified atom stereocenters. The van der Waals surface area contributed by atoms with Gasteiger partial charge in [-0.3, -0.25) is 4.98 Å². The quantitative estimate of drug-likeness (QED) is 0.203. The van der Waals surface area contributed by atoms with Gasteiger partial charge in [0.25, 0.3) is 0 Å². The molecule has 2 atom stereocenters. The average molecular weight is 585 g/mol. The normalized spacial score (nSPS) is 16.9. The van der Waals surface area contributed by atoms with Crippen LogP contribution in [0.4, 0.5) is 18.9 Å². The largest absolute Gasteiger partial charge is 0.457 e. The summed E-state index contributed by atoms with van der Waals surface area (Å²) >= 11 is 5.86. The molecule has 0 spiro atoms. The van der Waals surface area contributed by atoms with E-state index in [2.05, 4.69) is 10.3 Å². The first-order valence-corrected chi connectivity index (χ1v) is 13.8. The maximum Gasteiger partial charge on any atom is 0.418 e. The molecule has 9 heteroatoms. The van der Waals surface area contributed by atoms with Gasteiger partial charge in [0.15, 0.2) is 5.11 Å². The second kappa shape index (κ2) is 11.0. The number of aromatic nitrogens is 2. The second-order valence-corrected chi connectivity index (χ2v) is 10.5. The maximum atomic E-state index is 14.0. The molecule has 0 amide bonds. The van der Waals surface area contributed by atoms with Gasteiger partial charge in [-0.05, 0) is 98.4 Å². The van der Waals surface area contributed by atoms with Gasteiger partial charge in [-0.15, -0.1) is 0 Å². The van der Waals surface area contributed by atoms with E-state index in [1.54, 1.807) is 16.8 Å². The van der Waals surface area contributed by atoms with Crippen molar-refractivity contribution in [1.29, 1.82) is 0 Å². The van der Waals surface area contributed by atoms with Crippen molar-refractivity contribution >= 4 is 23.0 Å². The predicted molar refractivity (Wildman–Crippen MR) is 161 cm³/mol. The van der Waals surface area contributed by atoms with Crippen molar-refractivity contribution in [2.24, 2.45) is 0 Å². The van der Waals surface area contributed by atoms with Crippen LogP contribution in [0.2, 0.25) is 0 Å². The van der Waals surface area contributed by atoms with E-state index in [4.69, 9.17) is 17.0 Å². The topological polar surface area (TPSA) is 42.3 Å². The van der Waals surface area contributed by atoms with E-state index in [0.717, 1.165) is 28.8 Å². The zero-order chi connectivity index (χ0) is 29.4. The molecule has 1 N–H and O–H groups in total. The molecule has 212 valence electrons. The van der Waals surface area contributed by atoms with Gasteiger partial charge in [-0.2, -0.15) is 13.2 Å². The zero-order valence-electron chi connectivity index (χ0n) is 22.8. The number of ether oxygens (including phenoxy) is 1. The van der Waals surface area contributed by atoms with E-state index >= 15 is 0 Å².